The van der Waals surface area contributed by atoms with E-state index >= 15 is 0 Å². The molecule has 2 fully saturated rings. The molecule has 0 aromatic rings. The number of likely N-dealkylation sites (tertiary alicyclic amines) is 1. The van der Waals surface area contributed by atoms with Crippen molar-refractivity contribution in [3.63, 3.8) is 0 Å². The zero-order valence-corrected chi connectivity index (χ0v) is 15.0. The van der Waals surface area contributed by atoms with Crippen molar-refractivity contribution in [1.29, 1.82) is 0 Å². The highest BCUT2D eigenvalue weighted by molar-refractivity contribution is 5.68. The highest BCUT2D eigenvalue weighted by atomic mass is 16.6. The minimum absolute atomic E-state index is 0.184. The van der Waals surface area contributed by atoms with E-state index < -0.39 is 5.60 Å². The van der Waals surface area contributed by atoms with Gasteiger partial charge in [0.05, 0.1) is 0 Å². The fourth-order valence-electron chi connectivity index (χ4n) is 3.66. The Labute approximate surface area is 140 Å². The molecule has 0 radical (unpaired) electrons. The minimum atomic E-state index is -0.421. The number of carbonyl (C=O) groups is 1. The molecular formula is C18H34N2O3. The Hall–Kier alpha value is -0.810. The first kappa shape index (κ1) is 18.5. The number of rotatable bonds is 4. The largest absolute Gasteiger partial charge is 0.444 e. The van der Waals surface area contributed by atoms with Gasteiger partial charge in [0.2, 0.25) is 0 Å². The van der Waals surface area contributed by atoms with Crippen LogP contribution in [-0.2, 0) is 4.74 Å². The van der Waals surface area contributed by atoms with Crippen molar-refractivity contribution in [3.8, 4) is 0 Å². The van der Waals surface area contributed by atoms with Crippen LogP contribution in [0.2, 0.25) is 0 Å². The van der Waals surface area contributed by atoms with Gasteiger partial charge in [-0.2, -0.15) is 0 Å². The SMILES string of the molecule is CC(C)(C)OC(=O)N1CCC(CN[C@@H]2CCCC[C@H]2CO)CC1. The summed E-state index contributed by atoms with van der Waals surface area (Å²) in [5, 5.41) is 13.2. The fraction of sp³-hybridized carbons (Fsp3) is 0.944. The second-order valence-corrected chi connectivity index (χ2v) is 8.15. The predicted molar refractivity (Wildman–Crippen MR) is 91.4 cm³/mol. The number of aliphatic hydroxyl groups excluding tert-OH is 1. The van der Waals surface area contributed by atoms with Gasteiger partial charge in [-0.25, -0.2) is 4.79 Å². The van der Waals surface area contributed by atoms with Crippen molar-refractivity contribution in [2.45, 2.75) is 70.9 Å². The second kappa shape index (κ2) is 8.34. The average Bonchev–Trinajstić information content (AvgIpc) is 2.52. The molecule has 1 saturated carbocycles. The quantitative estimate of drug-likeness (QED) is 0.834. The molecule has 2 atom stereocenters. The Balaban J connectivity index is 1.69. The van der Waals surface area contributed by atoms with Gasteiger partial charge in [0.25, 0.3) is 0 Å². The molecule has 0 bridgehead atoms. The summed E-state index contributed by atoms with van der Waals surface area (Å²) in [6.45, 7) is 8.60. The molecule has 0 unspecified atom stereocenters. The van der Waals surface area contributed by atoms with E-state index in [1.807, 2.05) is 25.7 Å². The zero-order chi connectivity index (χ0) is 16.9. The van der Waals surface area contributed by atoms with Gasteiger partial charge in [-0.3, -0.25) is 0 Å². The topological polar surface area (TPSA) is 61.8 Å². The van der Waals surface area contributed by atoms with E-state index in [0.29, 0.717) is 24.5 Å². The number of aliphatic hydroxyl groups is 1. The molecule has 1 saturated heterocycles. The Morgan fingerprint density at radius 3 is 2.43 bits per heavy atom. The van der Waals surface area contributed by atoms with E-state index in [0.717, 1.165) is 38.9 Å². The van der Waals surface area contributed by atoms with Crippen molar-refractivity contribution in [2.24, 2.45) is 11.8 Å². The Morgan fingerprint density at radius 1 is 1.17 bits per heavy atom. The summed E-state index contributed by atoms with van der Waals surface area (Å²) in [4.78, 5) is 13.9. The normalized spacial score (nSPS) is 27.0. The first-order chi connectivity index (χ1) is 10.9. The molecule has 0 aromatic heterocycles. The molecule has 2 rings (SSSR count). The lowest BCUT2D eigenvalue weighted by Gasteiger charge is -2.36. The highest BCUT2D eigenvalue weighted by Gasteiger charge is 2.28. The van der Waals surface area contributed by atoms with Crippen molar-refractivity contribution >= 4 is 6.09 Å². The number of hydrogen-bond acceptors (Lipinski definition) is 4. The van der Waals surface area contributed by atoms with E-state index in [2.05, 4.69) is 5.32 Å². The summed E-state index contributed by atoms with van der Waals surface area (Å²) in [6.07, 6.45) is 6.72. The third kappa shape index (κ3) is 5.96. The van der Waals surface area contributed by atoms with Gasteiger partial charge in [-0.1, -0.05) is 12.8 Å². The smallest absolute Gasteiger partial charge is 0.410 e. The summed E-state index contributed by atoms with van der Waals surface area (Å²) < 4.78 is 5.44. The maximum atomic E-state index is 12.1. The molecule has 1 amide bonds. The summed E-state index contributed by atoms with van der Waals surface area (Å²) >= 11 is 0. The van der Waals surface area contributed by atoms with Crippen molar-refractivity contribution in [1.82, 2.24) is 10.2 Å². The van der Waals surface area contributed by atoms with Crippen LogP contribution in [0.1, 0.15) is 59.3 Å². The van der Waals surface area contributed by atoms with Crippen LogP contribution in [0.25, 0.3) is 0 Å². The van der Waals surface area contributed by atoms with Crippen molar-refractivity contribution in [2.75, 3.05) is 26.2 Å². The standard InChI is InChI=1S/C18H34N2O3/c1-18(2,3)23-17(22)20-10-8-14(9-11-20)12-19-16-7-5-4-6-15(16)13-21/h14-16,19,21H,4-13H2,1-3H3/t15-,16+/m0/s1. The lowest BCUT2D eigenvalue weighted by Crippen LogP contribution is -2.46. The second-order valence-electron chi connectivity index (χ2n) is 8.15. The van der Waals surface area contributed by atoms with Crippen LogP contribution in [0.15, 0.2) is 0 Å². The number of nitrogens with zero attached hydrogens (tertiary/aromatic N) is 1. The first-order valence-corrected chi connectivity index (χ1v) is 9.21. The predicted octanol–water partition coefficient (Wildman–Crippen LogP) is 2.77. The van der Waals surface area contributed by atoms with E-state index in [1.165, 1.54) is 19.3 Å². The van der Waals surface area contributed by atoms with Crippen LogP contribution in [-0.4, -0.2) is 54.0 Å². The highest BCUT2D eigenvalue weighted by Crippen LogP contribution is 2.25. The van der Waals surface area contributed by atoms with Crippen LogP contribution in [0.5, 0.6) is 0 Å². The lowest BCUT2D eigenvalue weighted by molar-refractivity contribution is 0.0181. The minimum Gasteiger partial charge on any atom is -0.444 e. The van der Waals surface area contributed by atoms with Crippen molar-refractivity contribution < 1.29 is 14.6 Å². The van der Waals surface area contributed by atoms with Crippen LogP contribution in [0, 0.1) is 11.8 Å². The van der Waals surface area contributed by atoms with Gasteiger partial charge in [0.1, 0.15) is 5.60 Å². The van der Waals surface area contributed by atoms with E-state index in [-0.39, 0.29) is 6.09 Å². The number of amides is 1. The van der Waals surface area contributed by atoms with Crippen LogP contribution in [0.4, 0.5) is 4.79 Å². The molecule has 134 valence electrons. The van der Waals surface area contributed by atoms with Crippen LogP contribution >= 0.6 is 0 Å². The summed E-state index contributed by atoms with van der Waals surface area (Å²) in [5.74, 6) is 1.04. The maximum absolute atomic E-state index is 12.1. The summed E-state index contributed by atoms with van der Waals surface area (Å²) in [5.41, 5.74) is -0.421. The third-order valence-corrected chi connectivity index (χ3v) is 5.08. The number of nitrogens with one attached hydrogen (secondary N) is 1. The van der Waals surface area contributed by atoms with Crippen LogP contribution in [0.3, 0.4) is 0 Å². The molecule has 0 spiro atoms. The van der Waals surface area contributed by atoms with Gasteiger partial charge >= 0.3 is 6.09 Å². The van der Waals surface area contributed by atoms with Gasteiger partial charge in [-0.15, -0.1) is 0 Å². The number of carbonyl (C=O) groups excluding carboxylic acids is 1. The van der Waals surface area contributed by atoms with Crippen molar-refractivity contribution in [3.05, 3.63) is 0 Å². The van der Waals surface area contributed by atoms with Gasteiger partial charge in [0, 0.05) is 25.7 Å². The first-order valence-electron chi connectivity index (χ1n) is 9.21. The monoisotopic (exact) mass is 326 g/mol. The Morgan fingerprint density at radius 2 is 1.83 bits per heavy atom. The van der Waals surface area contributed by atoms with Gasteiger partial charge in [-0.05, 0) is 64.8 Å². The molecule has 1 heterocycles. The molecular weight excluding hydrogens is 292 g/mol. The molecule has 5 heteroatoms. The van der Waals surface area contributed by atoms with Gasteiger partial charge < -0.3 is 20.1 Å². The summed E-state index contributed by atoms with van der Waals surface area (Å²) in [7, 11) is 0. The molecule has 5 nitrogen and oxygen atoms in total. The van der Waals surface area contributed by atoms with E-state index in [4.69, 9.17) is 4.74 Å². The lowest BCUT2D eigenvalue weighted by atomic mass is 9.84. The molecule has 2 aliphatic rings. The van der Waals surface area contributed by atoms with Gasteiger partial charge in [0.15, 0.2) is 0 Å². The third-order valence-electron chi connectivity index (χ3n) is 5.08. The summed E-state index contributed by atoms with van der Waals surface area (Å²) in [6, 6.07) is 0.470. The Kier molecular flexibility index (Phi) is 6.72. The van der Waals surface area contributed by atoms with E-state index in [9.17, 15) is 9.90 Å². The molecule has 1 aliphatic heterocycles. The average molecular weight is 326 g/mol. The number of hydrogen-bond donors (Lipinski definition) is 2. The molecule has 1 aliphatic carbocycles. The molecule has 23 heavy (non-hydrogen) atoms. The molecule has 0 aromatic carbocycles. The van der Waals surface area contributed by atoms with E-state index in [1.54, 1.807) is 0 Å². The Bertz CT molecular complexity index is 373. The maximum Gasteiger partial charge on any atom is 0.410 e. The van der Waals surface area contributed by atoms with Crippen LogP contribution < -0.4 is 5.32 Å². The molecule has 2 N–H and O–H groups in total. The fourth-order valence-corrected chi connectivity index (χ4v) is 3.66. The number of ether oxygens (including phenoxy) is 1. The number of piperidine rings is 1. The zero-order valence-electron chi connectivity index (χ0n) is 15.0.